The number of rotatable bonds is 9. The van der Waals surface area contributed by atoms with E-state index in [2.05, 4.69) is 49.2 Å². The number of unbranched alkanes of at least 4 members (excludes halogenated alkanes) is 1. The van der Waals surface area contributed by atoms with Crippen molar-refractivity contribution >= 4 is 0 Å². The van der Waals surface area contributed by atoms with Crippen LogP contribution < -0.4 is 5.32 Å². The highest BCUT2D eigenvalue weighted by Gasteiger charge is 2.06. The highest BCUT2D eigenvalue weighted by molar-refractivity contribution is 5.14. The Kier molecular flexibility index (Phi) is 7.40. The normalized spacial score (nSPS) is 12.3. The summed E-state index contributed by atoms with van der Waals surface area (Å²) in [5.41, 5.74) is 1.44. The van der Waals surface area contributed by atoms with Crippen molar-refractivity contribution in [1.82, 2.24) is 5.32 Å². The maximum absolute atomic E-state index is 3.78. The Balaban J connectivity index is 2.30. The van der Waals surface area contributed by atoms with Crippen molar-refractivity contribution in [2.45, 2.75) is 45.1 Å². The third-order valence-electron chi connectivity index (χ3n) is 3.08. The standard InChI is InChI=1S/C16H25N/c1-3-5-7-12-16(17-4-2)14-13-15-10-8-6-9-11-15/h3,6,8-11,16-17H,1,4-5,7,12-14H2,2H3. The molecule has 0 aliphatic heterocycles. The lowest BCUT2D eigenvalue weighted by Gasteiger charge is -2.17. The smallest absolute Gasteiger partial charge is 0.00702 e. The van der Waals surface area contributed by atoms with E-state index in [4.69, 9.17) is 0 Å². The molecule has 1 rings (SSSR count). The predicted molar refractivity (Wildman–Crippen MR) is 76.3 cm³/mol. The van der Waals surface area contributed by atoms with Gasteiger partial charge in [0.15, 0.2) is 0 Å². The highest BCUT2D eigenvalue weighted by Crippen LogP contribution is 2.10. The molecule has 1 unspecified atom stereocenters. The largest absolute Gasteiger partial charge is 0.314 e. The summed E-state index contributed by atoms with van der Waals surface area (Å²) in [6.45, 7) is 7.02. The molecule has 1 atom stereocenters. The molecule has 0 aliphatic rings. The summed E-state index contributed by atoms with van der Waals surface area (Å²) in [4.78, 5) is 0. The first-order valence-corrected chi connectivity index (χ1v) is 6.75. The lowest BCUT2D eigenvalue weighted by molar-refractivity contribution is 0.453. The van der Waals surface area contributed by atoms with Crippen LogP contribution in [0.5, 0.6) is 0 Å². The Morgan fingerprint density at radius 3 is 2.65 bits per heavy atom. The second-order valence-corrected chi connectivity index (χ2v) is 4.50. The van der Waals surface area contributed by atoms with Crippen LogP contribution in [0.1, 0.15) is 38.2 Å². The molecule has 0 radical (unpaired) electrons. The molecule has 94 valence electrons. The van der Waals surface area contributed by atoms with Crippen LogP contribution in [-0.2, 0) is 6.42 Å². The lowest BCUT2D eigenvalue weighted by Crippen LogP contribution is -2.29. The van der Waals surface area contributed by atoms with E-state index in [9.17, 15) is 0 Å². The molecule has 1 aromatic rings. The molecule has 1 heteroatoms. The number of nitrogens with one attached hydrogen (secondary N) is 1. The Morgan fingerprint density at radius 2 is 2.00 bits per heavy atom. The van der Waals surface area contributed by atoms with Gasteiger partial charge < -0.3 is 5.32 Å². The van der Waals surface area contributed by atoms with Crippen LogP contribution in [-0.4, -0.2) is 12.6 Å². The molecular formula is C16H25N. The summed E-state index contributed by atoms with van der Waals surface area (Å²) in [6.07, 6.45) is 8.05. The van der Waals surface area contributed by atoms with Crippen molar-refractivity contribution in [3.63, 3.8) is 0 Å². The van der Waals surface area contributed by atoms with E-state index in [1.54, 1.807) is 0 Å². The molecule has 0 heterocycles. The van der Waals surface area contributed by atoms with Crippen molar-refractivity contribution < 1.29 is 0 Å². The van der Waals surface area contributed by atoms with E-state index in [-0.39, 0.29) is 0 Å². The van der Waals surface area contributed by atoms with Crippen LogP contribution in [0.2, 0.25) is 0 Å². The second kappa shape index (κ2) is 9.00. The number of hydrogen-bond acceptors (Lipinski definition) is 1. The summed E-state index contributed by atoms with van der Waals surface area (Å²) in [6, 6.07) is 11.4. The Morgan fingerprint density at radius 1 is 1.24 bits per heavy atom. The predicted octanol–water partition coefficient (Wildman–Crippen LogP) is 3.95. The fourth-order valence-corrected chi connectivity index (χ4v) is 2.13. The van der Waals surface area contributed by atoms with E-state index in [0.717, 1.165) is 13.0 Å². The first-order valence-electron chi connectivity index (χ1n) is 6.75. The first-order chi connectivity index (χ1) is 8.36. The average Bonchev–Trinajstić information content (AvgIpc) is 2.37. The molecule has 17 heavy (non-hydrogen) atoms. The van der Waals surface area contributed by atoms with E-state index in [0.29, 0.717) is 6.04 Å². The molecule has 0 saturated carbocycles. The van der Waals surface area contributed by atoms with Crippen molar-refractivity contribution in [2.24, 2.45) is 0 Å². The molecule has 1 nitrogen and oxygen atoms in total. The van der Waals surface area contributed by atoms with Gasteiger partial charge in [-0.15, -0.1) is 6.58 Å². The van der Waals surface area contributed by atoms with E-state index in [1.165, 1.54) is 31.2 Å². The molecule has 1 aromatic carbocycles. The zero-order valence-corrected chi connectivity index (χ0v) is 11.0. The molecule has 0 aromatic heterocycles. The van der Waals surface area contributed by atoms with Gasteiger partial charge in [-0.2, -0.15) is 0 Å². The zero-order valence-electron chi connectivity index (χ0n) is 11.0. The fourth-order valence-electron chi connectivity index (χ4n) is 2.13. The summed E-state index contributed by atoms with van der Waals surface area (Å²) in [7, 11) is 0. The van der Waals surface area contributed by atoms with Crippen molar-refractivity contribution in [3.05, 3.63) is 48.6 Å². The van der Waals surface area contributed by atoms with Crippen LogP contribution in [0.3, 0.4) is 0 Å². The van der Waals surface area contributed by atoms with Crippen LogP contribution in [0.4, 0.5) is 0 Å². The summed E-state index contributed by atoms with van der Waals surface area (Å²) >= 11 is 0. The lowest BCUT2D eigenvalue weighted by atomic mass is 10.0. The second-order valence-electron chi connectivity index (χ2n) is 4.50. The molecule has 1 N–H and O–H groups in total. The minimum atomic E-state index is 0.653. The van der Waals surface area contributed by atoms with Gasteiger partial charge in [-0.3, -0.25) is 0 Å². The van der Waals surface area contributed by atoms with Crippen LogP contribution in [0, 0.1) is 0 Å². The molecule has 0 bridgehead atoms. The van der Waals surface area contributed by atoms with Gasteiger partial charge in [0.25, 0.3) is 0 Å². The third kappa shape index (κ3) is 6.28. The number of allylic oxidation sites excluding steroid dienone is 1. The van der Waals surface area contributed by atoms with Crippen LogP contribution >= 0.6 is 0 Å². The Labute approximate surface area is 106 Å². The van der Waals surface area contributed by atoms with E-state index < -0.39 is 0 Å². The monoisotopic (exact) mass is 231 g/mol. The Bertz CT molecular complexity index is 292. The van der Waals surface area contributed by atoms with Gasteiger partial charge >= 0.3 is 0 Å². The van der Waals surface area contributed by atoms with Gasteiger partial charge in [-0.1, -0.05) is 43.3 Å². The van der Waals surface area contributed by atoms with Gasteiger partial charge in [-0.05, 0) is 44.2 Å². The van der Waals surface area contributed by atoms with Gasteiger partial charge in [0.2, 0.25) is 0 Å². The number of benzene rings is 1. The van der Waals surface area contributed by atoms with Gasteiger partial charge in [-0.25, -0.2) is 0 Å². The van der Waals surface area contributed by atoms with Gasteiger partial charge in [0, 0.05) is 6.04 Å². The zero-order chi connectivity index (χ0) is 12.3. The molecule has 0 spiro atoms. The molecule has 0 amide bonds. The molecular weight excluding hydrogens is 206 g/mol. The minimum Gasteiger partial charge on any atom is -0.314 e. The maximum atomic E-state index is 3.78. The summed E-state index contributed by atoms with van der Waals surface area (Å²) < 4.78 is 0. The first kappa shape index (κ1) is 14.0. The third-order valence-corrected chi connectivity index (χ3v) is 3.08. The van der Waals surface area contributed by atoms with Crippen LogP contribution in [0.15, 0.2) is 43.0 Å². The molecule has 0 aliphatic carbocycles. The quantitative estimate of drug-likeness (QED) is 0.501. The SMILES string of the molecule is C=CCCCC(CCc1ccccc1)NCC. The molecule has 0 saturated heterocycles. The summed E-state index contributed by atoms with van der Waals surface area (Å²) in [5, 5.41) is 3.58. The maximum Gasteiger partial charge on any atom is 0.00702 e. The van der Waals surface area contributed by atoms with Crippen molar-refractivity contribution in [3.8, 4) is 0 Å². The summed E-state index contributed by atoms with van der Waals surface area (Å²) in [5.74, 6) is 0. The number of hydrogen-bond donors (Lipinski definition) is 1. The van der Waals surface area contributed by atoms with Crippen LogP contribution in [0.25, 0.3) is 0 Å². The Hall–Kier alpha value is -1.08. The average molecular weight is 231 g/mol. The minimum absolute atomic E-state index is 0.653. The topological polar surface area (TPSA) is 12.0 Å². The highest BCUT2D eigenvalue weighted by atomic mass is 14.9. The molecule has 0 fully saturated rings. The van der Waals surface area contributed by atoms with Crippen molar-refractivity contribution in [2.75, 3.05) is 6.54 Å². The van der Waals surface area contributed by atoms with Gasteiger partial charge in [0.05, 0.1) is 0 Å². The van der Waals surface area contributed by atoms with Gasteiger partial charge in [0.1, 0.15) is 0 Å². The number of aryl methyl sites for hydroxylation is 1. The van der Waals surface area contributed by atoms with Crippen molar-refractivity contribution in [1.29, 1.82) is 0 Å². The van der Waals surface area contributed by atoms with E-state index in [1.807, 2.05) is 6.08 Å². The fraction of sp³-hybridized carbons (Fsp3) is 0.500. The van der Waals surface area contributed by atoms with E-state index >= 15 is 0 Å².